The van der Waals surface area contributed by atoms with Crippen LogP contribution < -0.4 is 0 Å². The highest BCUT2D eigenvalue weighted by molar-refractivity contribution is 14.2. The topological polar surface area (TPSA) is 26.3 Å². The van der Waals surface area contributed by atoms with E-state index in [2.05, 4.69) is 51.8 Å². The van der Waals surface area contributed by atoms with E-state index in [1.807, 2.05) is 0 Å². The van der Waals surface area contributed by atoms with Crippen LogP contribution in [-0.2, 0) is 9.53 Å². The molecule has 0 aliphatic rings. The van der Waals surface area contributed by atoms with Gasteiger partial charge in [-0.1, -0.05) is 141 Å². The van der Waals surface area contributed by atoms with Crippen LogP contribution in [-0.4, -0.2) is 23.7 Å². The van der Waals surface area contributed by atoms with Crippen LogP contribution >= 0.6 is 45.2 Å². The summed E-state index contributed by atoms with van der Waals surface area (Å²) in [4.78, 5) is 11.2. The van der Waals surface area contributed by atoms with Crippen molar-refractivity contribution in [2.75, 3.05) is 6.61 Å². The standard InChI is InChI=1S/C21H38I2O2Si/c1-19(2)20(24)25-17-15-13-11-9-7-5-3-4-6-8-10-12-14-16-18-26-21(22)23/h21H,1,3-18H2,2H3. The molecule has 0 aliphatic carbocycles. The normalized spacial score (nSPS) is 11.1. The largest absolute Gasteiger partial charge is 0.462 e. The molecule has 0 bridgehead atoms. The van der Waals surface area contributed by atoms with E-state index in [1.54, 1.807) is 6.92 Å². The second-order valence-electron chi connectivity index (χ2n) is 7.12. The van der Waals surface area contributed by atoms with Crippen molar-refractivity contribution in [3.63, 3.8) is 0 Å². The monoisotopic (exact) mass is 604 g/mol. The zero-order chi connectivity index (χ0) is 19.5. The fraction of sp³-hybridized carbons (Fsp3) is 0.857. The fourth-order valence-corrected chi connectivity index (χ4v) is 5.39. The highest BCUT2D eigenvalue weighted by Crippen LogP contribution is 2.15. The Kier molecular flexibility index (Phi) is 21.3. The third-order valence-corrected chi connectivity index (χ3v) is 8.04. The molecule has 0 fully saturated rings. The highest BCUT2D eigenvalue weighted by atomic mass is 127. The SMILES string of the molecule is C=C(C)C(=O)OCCCCCCCCCCCCCCCC[Si]C(I)I. The summed E-state index contributed by atoms with van der Waals surface area (Å²) in [6, 6.07) is 1.44. The van der Waals surface area contributed by atoms with Crippen LogP contribution in [0.25, 0.3) is 0 Å². The van der Waals surface area contributed by atoms with Gasteiger partial charge in [-0.05, 0) is 13.3 Å². The molecule has 0 saturated carbocycles. The molecule has 0 aromatic carbocycles. The molecule has 0 amide bonds. The Balaban J connectivity index is 3.07. The van der Waals surface area contributed by atoms with E-state index in [4.69, 9.17) is 4.74 Å². The number of halogens is 2. The van der Waals surface area contributed by atoms with Crippen molar-refractivity contribution in [1.29, 1.82) is 0 Å². The second kappa shape index (κ2) is 20.6. The smallest absolute Gasteiger partial charge is 0.333 e. The van der Waals surface area contributed by atoms with Gasteiger partial charge in [0.1, 0.15) is 0 Å². The quantitative estimate of drug-likeness (QED) is 0.0375. The molecule has 0 rings (SSSR count). The van der Waals surface area contributed by atoms with Gasteiger partial charge < -0.3 is 4.74 Å². The maximum absolute atomic E-state index is 11.2. The van der Waals surface area contributed by atoms with Crippen molar-refractivity contribution in [2.45, 2.75) is 104 Å². The molecule has 0 heterocycles. The van der Waals surface area contributed by atoms with Gasteiger partial charge in [-0.15, -0.1) is 0 Å². The number of hydrogen-bond acceptors (Lipinski definition) is 2. The average Bonchev–Trinajstić information content (AvgIpc) is 2.60. The van der Waals surface area contributed by atoms with Crippen molar-refractivity contribution >= 4 is 60.7 Å². The molecule has 0 saturated heterocycles. The summed E-state index contributed by atoms with van der Waals surface area (Å²) >= 11 is 5.06. The average molecular weight is 604 g/mol. The van der Waals surface area contributed by atoms with Crippen LogP contribution in [0.5, 0.6) is 0 Å². The number of hydrogen-bond donors (Lipinski definition) is 0. The third kappa shape index (κ3) is 21.2. The molecule has 0 unspecified atom stereocenters. The number of ether oxygens (including phenoxy) is 1. The van der Waals surface area contributed by atoms with Gasteiger partial charge in [-0.25, -0.2) is 4.79 Å². The fourth-order valence-electron chi connectivity index (χ4n) is 2.85. The molecular weight excluding hydrogens is 566 g/mol. The van der Waals surface area contributed by atoms with Crippen molar-refractivity contribution in [2.24, 2.45) is 0 Å². The summed E-state index contributed by atoms with van der Waals surface area (Å²) < 4.78 is 5.94. The van der Waals surface area contributed by atoms with Gasteiger partial charge in [-0.3, -0.25) is 0 Å². The Bertz CT molecular complexity index is 349. The maximum Gasteiger partial charge on any atom is 0.333 e. The van der Waals surface area contributed by atoms with Gasteiger partial charge >= 0.3 is 5.97 Å². The van der Waals surface area contributed by atoms with E-state index < -0.39 is 0 Å². The minimum absolute atomic E-state index is 0.254. The van der Waals surface area contributed by atoms with E-state index in [1.165, 1.54) is 89.5 Å². The Morgan fingerprint density at radius 3 is 1.58 bits per heavy atom. The molecule has 0 aromatic heterocycles. The first kappa shape index (κ1) is 26.9. The Hall–Kier alpha value is 0.887. The van der Waals surface area contributed by atoms with Gasteiger partial charge in [0.05, 0.1) is 17.7 Å². The lowest BCUT2D eigenvalue weighted by Crippen LogP contribution is -2.05. The molecule has 0 spiro atoms. The molecule has 2 nitrogen and oxygen atoms in total. The molecule has 0 atom stereocenters. The number of unbranched alkanes of at least 4 members (excludes halogenated alkanes) is 13. The van der Waals surface area contributed by atoms with Crippen molar-refractivity contribution in [1.82, 2.24) is 0 Å². The molecule has 2 radical (unpaired) electrons. The van der Waals surface area contributed by atoms with E-state index in [0.717, 1.165) is 17.5 Å². The summed E-state index contributed by atoms with van der Waals surface area (Å²) in [7, 11) is 1.15. The molecule has 0 aromatic rings. The third-order valence-electron chi connectivity index (χ3n) is 4.45. The van der Waals surface area contributed by atoms with Crippen LogP contribution in [0.4, 0.5) is 0 Å². The summed E-state index contributed by atoms with van der Waals surface area (Å²) in [5.41, 5.74) is 0.492. The minimum atomic E-state index is -0.254. The highest BCUT2D eigenvalue weighted by Gasteiger charge is 2.02. The Morgan fingerprint density at radius 1 is 0.808 bits per heavy atom. The molecule has 26 heavy (non-hydrogen) atoms. The number of carbonyl (C=O) groups is 1. The molecule has 0 aliphatic heterocycles. The van der Waals surface area contributed by atoms with Crippen LogP contribution in [0.2, 0.25) is 6.04 Å². The molecule has 5 heteroatoms. The summed E-state index contributed by atoms with van der Waals surface area (Å²) in [6.45, 7) is 5.82. The van der Waals surface area contributed by atoms with Gasteiger partial charge in [0.15, 0.2) is 0 Å². The van der Waals surface area contributed by atoms with E-state index >= 15 is 0 Å². The van der Waals surface area contributed by atoms with Crippen molar-refractivity contribution in [3.8, 4) is 0 Å². The predicted molar refractivity (Wildman–Crippen MR) is 133 cm³/mol. The number of esters is 1. The van der Waals surface area contributed by atoms with Crippen LogP contribution in [0.3, 0.4) is 0 Å². The second-order valence-corrected chi connectivity index (χ2v) is 15.8. The number of rotatable bonds is 19. The summed E-state index contributed by atoms with van der Waals surface area (Å²) in [5.74, 6) is -0.254. The number of carbonyl (C=O) groups excluding carboxylic acids is 1. The lowest BCUT2D eigenvalue weighted by atomic mass is 10.0. The van der Waals surface area contributed by atoms with Crippen molar-refractivity contribution in [3.05, 3.63) is 12.2 Å². The molecular formula is C21H38I2O2Si. The van der Waals surface area contributed by atoms with Crippen LogP contribution in [0.1, 0.15) is 96.8 Å². The van der Waals surface area contributed by atoms with Crippen LogP contribution in [0.15, 0.2) is 12.2 Å². The number of alkyl halides is 2. The summed E-state index contributed by atoms with van der Waals surface area (Å²) in [6.07, 6.45) is 19.0. The maximum atomic E-state index is 11.2. The van der Waals surface area contributed by atoms with Gasteiger partial charge in [0, 0.05) is 5.57 Å². The van der Waals surface area contributed by atoms with Gasteiger partial charge in [0.2, 0.25) is 0 Å². The van der Waals surface area contributed by atoms with Gasteiger partial charge in [0.25, 0.3) is 0 Å². The van der Waals surface area contributed by atoms with E-state index in [0.29, 0.717) is 12.2 Å². The van der Waals surface area contributed by atoms with Gasteiger partial charge in [-0.2, -0.15) is 0 Å². The zero-order valence-corrected chi connectivity index (χ0v) is 22.0. The summed E-state index contributed by atoms with van der Waals surface area (Å²) in [5, 5.41) is 0. The molecule has 0 N–H and O–H groups in total. The lowest BCUT2D eigenvalue weighted by Gasteiger charge is -2.05. The first-order chi connectivity index (χ1) is 12.5. The van der Waals surface area contributed by atoms with Crippen LogP contribution in [0, 0.1) is 0 Å². The van der Waals surface area contributed by atoms with E-state index in [-0.39, 0.29) is 5.97 Å². The Morgan fingerprint density at radius 2 is 1.19 bits per heavy atom. The van der Waals surface area contributed by atoms with Crippen molar-refractivity contribution < 1.29 is 9.53 Å². The Labute approximate surface area is 192 Å². The first-order valence-electron chi connectivity index (χ1n) is 10.4. The minimum Gasteiger partial charge on any atom is -0.462 e. The van der Waals surface area contributed by atoms with E-state index in [9.17, 15) is 4.79 Å². The first-order valence-corrected chi connectivity index (χ1v) is 14.2. The molecule has 152 valence electrons. The zero-order valence-electron chi connectivity index (χ0n) is 16.7. The predicted octanol–water partition coefficient (Wildman–Crippen LogP) is 7.84. The lowest BCUT2D eigenvalue weighted by molar-refractivity contribution is -0.139.